The molecule has 1 saturated heterocycles. The lowest BCUT2D eigenvalue weighted by Crippen LogP contribution is -2.32. The average Bonchev–Trinajstić information content (AvgIpc) is 2.69. The van der Waals surface area contributed by atoms with Crippen molar-refractivity contribution in [3.63, 3.8) is 0 Å². The third-order valence-electron chi connectivity index (χ3n) is 4.18. The number of nitrogens with zero attached hydrogens (tertiary/aromatic N) is 1. The predicted molar refractivity (Wildman–Crippen MR) is 80.6 cm³/mol. The molecule has 1 N–H and O–H groups in total. The number of amides is 1. The Balaban J connectivity index is 2.32. The molecule has 5 nitrogen and oxygen atoms in total. The smallest absolute Gasteiger partial charge is 0.339 e. The number of aryl methyl sites for hydroxylation is 1. The molecule has 0 radical (unpaired) electrons. The molecule has 0 saturated carbocycles. The van der Waals surface area contributed by atoms with Gasteiger partial charge in [-0.25, -0.2) is 4.79 Å². The minimum absolute atomic E-state index is 0.000692. The van der Waals surface area contributed by atoms with Gasteiger partial charge in [0.05, 0.1) is 12.7 Å². The number of esters is 1. The number of carbonyl (C=O) groups excluding carboxylic acids is 2. The molecule has 0 unspecified atom stereocenters. The molecule has 2 heterocycles. The van der Waals surface area contributed by atoms with E-state index in [9.17, 15) is 9.59 Å². The number of hydrogen-bond acceptors (Lipinski definition) is 3. The van der Waals surface area contributed by atoms with Crippen LogP contribution < -0.4 is 0 Å². The molecule has 0 atom stereocenters. The van der Waals surface area contributed by atoms with Gasteiger partial charge in [0.1, 0.15) is 5.69 Å². The fraction of sp³-hybridized carbons (Fsp3) is 0.625. The first-order chi connectivity index (χ1) is 10.1. The fourth-order valence-electron chi connectivity index (χ4n) is 2.95. The van der Waals surface area contributed by atoms with Crippen molar-refractivity contribution in [1.82, 2.24) is 9.88 Å². The molecule has 0 aromatic carbocycles. The Kier molecular flexibility index (Phi) is 5.04. The maximum absolute atomic E-state index is 12.7. The molecule has 0 bridgehead atoms. The molecule has 1 fully saturated rings. The Morgan fingerprint density at radius 3 is 2.33 bits per heavy atom. The number of likely N-dealkylation sites (tertiary alicyclic amines) is 1. The summed E-state index contributed by atoms with van der Waals surface area (Å²) in [5.41, 5.74) is 2.53. The SMILES string of the molecule is CCc1[nH]c(C(=O)N2CCCCCC2)c(C)c1C(=O)OC. The van der Waals surface area contributed by atoms with Crippen LogP contribution in [0.3, 0.4) is 0 Å². The summed E-state index contributed by atoms with van der Waals surface area (Å²) >= 11 is 0. The molecule has 2 rings (SSSR count). The zero-order chi connectivity index (χ0) is 15.4. The molecule has 116 valence electrons. The quantitative estimate of drug-likeness (QED) is 0.871. The highest BCUT2D eigenvalue weighted by atomic mass is 16.5. The van der Waals surface area contributed by atoms with E-state index in [1.54, 1.807) is 0 Å². The zero-order valence-corrected chi connectivity index (χ0v) is 13.1. The topological polar surface area (TPSA) is 62.4 Å². The monoisotopic (exact) mass is 292 g/mol. The van der Waals surface area contributed by atoms with Gasteiger partial charge < -0.3 is 14.6 Å². The van der Waals surface area contributed by atoms with Crippen molar-refractivity contribution >= 4 is 11.9 Å². The van der Waals surface area contributed by atoms with Crippen molar-refractivity contribution < 1.29 is 14.3 Å². The second-order valence-electron chi connectivity index (χ2n) is 5.53. The van der Waals surface area contributed by atoms with E-state index in [-0.39, 0.29) is 11.9 Å². The molecule has 1 aromatic heterocycles. The van der Waals surface area contributed by atoms with Crippen LogP contribution in [0, 0.1) is 6.92 Å². The number of rotatable bonds is 3. The Morgan fingerprint density at radius 1 is 1.19 bits per heavy atom. The maximum atomic E-state index is 12.7. The fourth-order valence-corrected chi connectivity index (χ4v) is 2.95. The van der Waals surface area contributed by atoms with Gasteiger partial charge in [0.15, 0.2) is 0 Å². The lowest BCUT2D eigenvalue weighted by atomic mass is 10.1. The van der Waals surface area contributed by atoms with Crippen molar-refractivity contribution in [2.24, 2.45) is 0 Å². The third-order valence-corrected chi connectivity index (χ3v) is 4.18. The highest BCUT2D eigenvalue weighted by Crippen LogP contribution is 2.22. The maximum Gasteiger partial charge on any atom is 0.339 e. The molecule has 21 heavy (non-hydrogen) atoms. The van der Waals surface area contributed by atoms with E-state index in [2.05, 4.69) is 4.98 Å². The summed E-state index contributed by atoms with van der Waals surface area (Å²) in [6, 6.07) is 0. The lowest BCUT2D eigenvalue weighted by molar-refractivity contribution is 0.0599. The van der Waals surface area contributed by atoms with Gasteiger partial charge in [-0.3, -0.25) is 4.79 Å². The first-order valence-corrected chi connectivity index (χ1v) is 7.69. The van der Waals surface area contributed by atoms with E-state index in [0.29, 0.717) is 23.2 Å². The molecular weight excluding hydrogens is 268 g/mol. The number of carbonyl (C=O) groups is 2. The van der Waals surface area contributed by atoms with E-state index in [4.69, 9.17) is 4.74 Å². The normalized spacial score (nSPS) is 15.7. The van der Waals surface area contributed by atoms with Crippen LogP contribution in [0.25, 0.3) is 0 Å². The molecule has 1 aromatic rings. The van der Waals surface area contributed by atoms with Gasteiger partial charge in [0.2, 0.25) is 0 Å². The van der Waals surface area contributed by atoms with Gasteiger partial charge in [-0.1, -0.05) is 19.8 Å². The van der Waals surface area contributed by atoms with Crippen LogP contribution in [0.4, 0.5) is 0 Å². The number of nitrogens with one attached hydrogen (secondary N) is 1. The zero-order valence-electron chi connectivity index (χ0n) is 13.1. The van der Waals surface area contributed by atoms with Crippen LogP contribution in [-0.4, -0.2) is 42.0 Å². The Bertz CT molecular complexity index is 526. The van der Waals surface area contributed by atoms with Crippen LogP contribution >= 0.6 is 0 Å². The van der Waals surface area contributed by atoms with E-state index in [1.807, 2.05) is 18.7 Å². The number of aromatic nitrogens is 1. The molecule has 1 aliphatic heterocycles. The largest absolute Gasteiger partial charge is 0.465 e. The first-order valence-electron chi connectivity index (χ1n) is 7.69. The lowest BCUT2D eigenvalue weighted by Gasteiger charge is -2.20. The summed E-state index contributed by atoms with van der Waals surface area (Å²) in [4.78, 5) is 29.7. The van der Waals surface area contributed by atoms with Crippen LogP contribution in [0.5, 0.6) is 0 Å². The number of methoxy groups -OCH3 is 1. The Morgan fingerprint density at radius 2 is 1.81 bits per heavy atom. The number of ether oxygens (including phenoxy) is 1. The van der Waals surface area contributed by atoms with Gasteiger partial charge in [0, 0.05) is 18.8 Å². The van der Waals surface area contributed by atoms with Gasteiger partial charge >= 0.3 is 5.97 Å². The van der Waals surface area contributed by atoms with Crippen LogP contribution in [-0.2, 0) is 11.2 Å². The summed E-state index contributed by atoms with van der Waals surface area (Å²) in [5, 5.41) is 0. The summed E-state index contributed by atoms with van der Waals surface area (Å²) in [6.45, 7) is 5.36. The van der Waals surface area contributed by atoms with Crippen LogP contribution in [0.2, 0.25) is 0 Å². The van der Waals surface area contributed by atoms with Crippen LogP contribution in [0.1, 0.15) is 64.7 Å². The highest BCUT2D eigenvalue weighted by Gasteiger charge is 2.26. The number of hydrogen-bond donors (Lipinski definition) is 1. The summed E-state index contributed by atoms with van der Waals surface area (Å²) < 4.78 is 4.83. The highest BCUT2D eigenvalue weighted by molar-refractivity contribution is 6.00. The molecule has 5 heteroatoms. The molecule has 0 spiro atoms. The minimum atomic E-state index is -0.379. The van der Waals surface area contributed by atoms with Crippen molar-refractivity contribution in [2.45, 2.75) is 46.0 Å². The Hall–Kier alpha value is -1.78. The van der Waals surface area contributed by atoms with Crippen LogP contribution in [0.15, 0.2) is 0 Å². The van der Waals surface area contributed by atoms with Gasteiger partial charge in [-0.05, 0) is 31.7 Å². The average molecular weight is 292 g/mol. The van der Waals surface area contributed by atoms with Crippen molar-refractivity contribution in [3.8, 4) is 0 Å². The third kappa shape index (κ3) is 3.12. The summed E-state index contributed by atoms with van der Waals surface area (Å²) in [5.74, 6) is -0.380. The second kappa shape index (κ2) is 6.78. The first kappa shape index (κ1) is 15.6. The standard InChI is InChI=1S/C16H24N2O3/c1-4-12-13(16(20)21-3)11(2)14(17-12)15(19)18-9-7-5-6-8-10-18/h17H,4-10H2,1-3H3. The molecular formula is C16H24N2O3. The van der Waals surface area contributed by atoms with E-state index in [0.717, 1.165) is 31.6 Å². The van der Waals surface area contributed by atoms with E-state index < -0.39 is 0 Å². The number of aromatic amines is 1. The van der Waals surface area contributed by atoms with Crippen molar-refractivity contribution in [3.05, 3.63) is 22.5 Å². The summed E-state index contributed by atoms with van der Waals surface area (Å²) in [6.07, 6.45) is 5.13. The van der Waals surface area contributed by atoms with Gasteiger partial charge in [-0.15, -0.1) is 0 Å². The Labute approximate surface area is 125 Å². The number of H-pyrrole nitrogens is 1. The molecule has 1 amide bonds. The van der Waals surface area contributed by atoms with Crippen molar-refractivity contribution in [1.29, 1.82) is 0 Å². The van der Waals surface area contributed by atoms with Gasteiger partial charge in [-0.2, -0.15) is 0 Å². The second-order valence-corrected chi connectivity index (χ2v) is 5.53. The van der Waals surface area contributed by atoms with Crippen molar-refractivity contribution in [2.75, 3.05) is 20.2 Å². The predicted octanol–water partition coefficient (Wildman–Crippen LogP) is 2.69. The molecule has 0 aliphatic carbocycles. The summed E-state index contributed by atoms with van der Waals surface area (Å²) in [7, 11) is 1.37. The van der Waals surface area contributed by atoms with Gasteiger partial charge in [0.25, 0.3) is 5.91 Å². The van der Waals surface area contributed by atoms with E-state index in [1.165, 1.54) is 20.0 Å². The van der Waals surface area contributed by atoms with E-state index >= 15 is 0 Å². The molecule has 1 aliphatic rings. The minimum Gasteiger partial charge on any atom is -0.465 e.